The molecule has 1 heterocycles. The number of aromatic nitrogens is 1. The number of rotatable bonds is 3. The second-order valence-electron chi connectivity index (χ2n) is 3.83. The Bertz CT molecular complexity index is 294. The van der Waals surface area contributed by atoms with Crippen molar-refractivity contribution in [2.24, 2.45) is 0 Å². The van der Waals surface area contributed by atoms with Crippen LogP contribution in [0.25, 0.3) is 0 Å². The highest BCUT2D eigenvalue weighted by Crippen LogP contribution is 2.28. The van der Waals surface area contributed by atoms with Gasteiger partial charge in [0.25, 0.3) is 0 Å². The van der Waals surface area contributed by atoms with Crippen LogP contribution in [0.1, 0.15) is 31.4 Å². The molecule has 1 fully saturated rings. The number of anilines is 1. The van der Waals surface area contributed by atoms with Crippen LogP contribution in [-0.2, 0) is 6.61 Å². The van der Waals surface area contributed by atoms with Gasteiger partial charge in [-0.25, -0.2) is 4.98 Å². The first-order chi connectivity index (χ1) is 6.81. The molecule has 0 atom stereocenters. The SMILES string of the molecule is CN(c1nc(CO)cs1)C1CCCC1. The Balaban J connectivity index is 2.05. The lowest BCUT2D eigenvalue weighted by Crippen LogP contribution is -2.28. The molecule has 2 rings (SSSR count). The summed E-state index contributed by atoms with van der Waals surface area (Å²) in [5, 5.41) is 11.9. The normalized spacial score (nSPS) is 17.6. The van der Waals surface area contributed by atoms with Gasteiger partial charge in [0.1, 0.15) is 0 Å². The van der Waals surface area contributed by atoms with Gasteiger partial charge in [-0.2, -0.15) is 0 Å². The lowest BCUT2D eigenvalue weighted by Gasteiger charge is -2.23. The van der Waals surface area contributed by atoms with Gasteiger partial charge in [0.05, 0.1) is 12.3 Å². The minimum absolute atomic E-state index is 0.0506. The Kier molecular flexibility index (Phi) is 3.03. The van der Waals surface area contributed by atoms with Crippen LogP contribution >= 0.6 is 11.3 Å². The molecule has 0 unspecified atom stereocenters. The fourth-order valence-electron chi connectivity index (χ4n) is 1.98. The van der Waals surface area contributed by atoms with E-state index in [9.17, 15) is 0 Å². The van der Waals surface area contributed by atoms with E-state index < -0.39 is 0 Å². The van der Waals surface area contributed by atoms with Crippen LogP contribution in [0.4, 0.5) is 5.13 Å². The van der Waals surface area contributed by atoms with Crippen molar-refractivity contribution in [2.45, 2.75) is 38.3 Å². The fourth-order valence-corrected chi connectivity index (χ4v) is 2.83. The summed E-state index contributed by atoms with van der Waals surface area (Å²) in [7, 11) is 2.11. The van der Waals surface area contributed by atoms with Crippen molar-refractivity contribution in [1.82, 2.24) is 4.98 Å². The van der Waals surface area contributed by atoms with Crippen molar-refractivity contribution < 1.29 is 5.11 Å². The van der Waals surface area contributed by atoms with Crippen LogP contribution in [0, 0.1) is 0 Å². The molecule has 0 amide bonds. The van der Waals surface area contributed by atoms with Gasteiger partial charge < -0.3 is 10.0 Å². The van der Waals surface area contributed by atoms with Crippen LogP contribution in [0.5, 0.6) is 0 Å². The highest BCUT2D eigenvalue weighted by atomic mass is 32.1. The van der Waals surface area contributed by atoms with Gasteiger partial charge in [-0.05, 0) is 12.8 Å². The van der Waals surface area contributed by atoms with Crippen molar-refractivity contribution >= 4 is 16.5 Å². The van der Waals surface area contributed by atoms with E-state index >= 15 is 0 Å². The molecule has 1 aliphatic carbocycles. The zero-order valence-electron chi connectivity index (χ0n) is 8.44. The summed E-state index contributed by atoms with van der Waals surface area (Å²) in [5.41, 5.74) is 0.787. The van der Waals surface area contributed by atoms with Gasteiger partial charge in [-0.15, -0.1) is 11.3 Å². The Morgan fingerprint density at radius 2 is 2.29 bits per heavy atom. The number of nitrogens with zero attached hydrogens (tertiary/aromatic N) is 2. The molecular weight excluding hydrogens is 196 g/mol. The molecule has 0 radical (unpaired) electrons. The first-order valence-electron chi connectivity index (χ1n) is 5.09. The maximum absolute atomic E-state index is 8.92. The molecule has 1 aromatic rings. The number of hydrogen-bond acceptors (Lipinski definition) is 4. The highest BCUT2D eigenvalue weighted by Gasteiger charge is 2.21. The van der Waals surface area contributed by atoms with E-state index in [0.29, 0.717) is 6.04 Å². The topological polar surface area (TPSA) is 36.4 Å². The van der Waals surface area contributed by atoms with Crippen LogP contribution in [0.2, 0.25) is 0 Å². The Labute approximate surface area is 88.4 Å². The fraction of sp³-hybridized carbons (Fsp3) is 0.700. The predicted octanol–water partition coefficient (Wildman–Crippen LogP) is 2.01. The van der Waals surface area contributed by atoms with Crippen LogP contribution in [0.3, 0.4) is 0 Å². The first-order valence-corrected chi connectivity index (χ1v) is 5.97. The molecule has 0 aliphatic heterocycles. The van der Waals surface area contributed by atoms with E-state index in [1.165, 1.54) is 25.7 Å². The van der Waals surface area contributed by atoms with E-state index in [-0.39, 0.29) is 6.61 Å². The summed E-state index contributed by atoms with van der Waals surface area (Å²) in [5.74, 6) is 0. The average Bonchev–Trinajstić information content (AvgIpc) is 2.88. The summed E-state index contributed by atoms with van der Waals surface area (Å²) < 4.78 is 0. The van der Waals surface area contributed by atoms with E-state index in [2.05, 4.69) is 16.9 Å². The van der Waals surface area contributed by atoms with Crippen molar-refractivity contribution in [3.63, 3.8) is 0 Å². The van der Waals surface area contributed by atoms with Gasteiger partial charge in [-0.3, -0.25) is 0 Å². The Morgan fingerprint density at radius 3 is 2.86 bits per heavy atom. The van der Waals surface area contributed by atoms with Crippen LogP contribution < -0.4 is 4.90 Å². The summed E-state index contributed by atoms with van der Waals surface area (Å²) in [4.78, 5) is 6.63. The van der Waals surface area contributed by atoms with Crippen LogP contribution in [0.15, 0.2) is 5.38 Å². The van der Waals surface area contributed by atoms with Crippen molar-refractivity contribution in [3.05, 3.63) is 11.1 Å². The van der Waals surface area contributed by atoms with Gasteiger partial charge in [-0.1, -0.05) is 12.8 Å². The lowest BCUT2D eigenvalue weighted by molar-refractivity contribution is 0.277. The quantitative estimate of drug-likeness (QED) is 0.832. The minimum atomic E-state index is 0.0506. The van der Waals surface area contributed by atoms with E-state index in [0.717, 1.165) is 10.8 Å². The first kappa shape index (κ1) is 9.93. The number of aliphatic hydroxyl groups excluding tert-OH is 1. The van der Waals surface area contributed by atoms with Gasteiger partial charge in [0.2, 0.25) is 0 Å². The second kappa shape index (κ2) is 4.28. The average molecular weight is 212 g/mol. The molecular formula is C10H16N2OS. The molecule has 1 aromatic heterocycles. The monoisotopic (exact) mass is 212 g/mol. The molecule has 0 saturated heterocycles. The molecule has 1 aliphatic rings. The summed E-state index contributed by atoms with van der Waals surface area (Å²) in [6.07, 6.45) is 5.25. The summed E-state index contributed by atoms with van der Waals surface area (Å²) >= 11 is 1.62. The van der Waals surface area contributed by atoms with E-state index in [1.54, 1.807) is 11.3 Å². The van der Waals surface area contributed by atoms with Gasteiger partial charge in [0, 0.05) is 18.5 Å². The third-order valence-electron chi connectivity index (χ3n) is 2.88. The van der Waals surface area contributed by atoms with Crippen molar-refractivity contribution in [2.75, 3.05) is 11.9 Å². The van der Waals surface area contributed by atoms with Crippen molar-refractivity contribution in [3.8, 4) is 0 Å². The lowest BCUT2D eigenvalue weighted by atomic mass is 10.2. The van der Waals surface area contributed by atoms with Gasteiger partial charge in [0.15, 0.2) is 5.13 Å². The van der Waals surface area contributed by atoms with E-state index in [4.69, 9.17) is 5.11 Å². The molecule has 1 N–H and O–H groups in total. The molecule has 3 nitrogen and oxygen atoms in total. The molecule has 0 aromatic carbocycles. The molecule has 78 valence electrons. The Morgan fingerprint density at radius 1 is 1.57 bits per heavy atom. The smallest absolute Gasteiger partial charge is 0.185 e. The molecule has 1 saturated carbocycles. The molecule has 14 heavy (non-hydrogen) atoms. The molecule has 4 heteroatoms. The third-order valence-corrected chi connectivity index (χ3v) is 3.86. The minimum Gasteiger partial charge on any atom is -0.390 e. The Hall–Kier alpha value is -0.610. The maximum atomic E-state index is 8.92. The number of aliphatic hydroxyl groups is 1. The number of hydrogen-bond donors (Lipinski definition) is 1. The van der Waals surface area contributed by atoms with E-state index in [1.807, 2.05) is 5.38 Å². The van der Waals surface area contributed by atoms with Crippen LogP contribution in [-0.4, -0.2) is 23.2 Å². The summed E-state index contributed by atoms with van der Waals surface area (Å²) in [6, 6.07) is 0.660. The zero-order chi connectivity index (χ0) is 9.97. The highest BCUT2D eigenvalue weighted by molar-refractivity contribution is 7.13. The van der Waals surface area contributed by atoms with Gasteiger partial charge >= 0.3 is 0 Å². The van der Waals surface area contributed by atoms with Crippen molar-refractivity contribution in [1.29, 1.82) is 0 Å². The molecule has 0 spiro atoms. The standard InChI is InChI=1S/C10H16N2OS/c1-12(9-4-2-3-5-9)10-11-8(6-13)7-14-10/h7,9,13H,2-6H2,1H3. The molecule has 0 bridgehead atoms. The second-order valence-corrected chi connectivity index (χ2v) is 4.67. The summed E-state index contributed by atoms with van der Waals surface area (Å²) in [6.45, 7) is 0.0506. The third kappa shape index (κ3) is 1.91. The number of thiazole rings is 1. The zero-order valence-corrected chi connectivity index (χ0v) is 9.26. The maximum Gasteiger partial charge on any atom is 0.185 e. The predicted molar refractivity (Wildman–Crippen MR) is 58.7 cm³/mol. The largest absolute Gasteiger partial charge is 0.390 e.